The molecular weight excluding hydrogens is 312 g/mol. The lowest BCUT2D eigenvalue weighted by Gasteiger charge is -2.30. The average Bonchev–Trinajstić information content (AvgIpc) is 3.22. The van der Waals surface area contributed by atoms with Crippen LogP contribution in [-0.4, -0.2) is 21.4 Å². The molecule has 1 amide bonds. The van der Waals surface area contributed by atoms with Gasteiger partial charge in [-0.15, -0.1) is 6.58 Å². The smallest absolute Gasteiger partial charge is 0.266 e. The highest BCUT2D eigenvalue weighted by Crippen LogP contribution is 2.64. The normalized spacial score (nSPS) is 23.9. The maximum atomic E-state index is 12.8. The van der Waals surface area contributed by atoms with E-state index in [0.29, 0.717) is 12.1 Å². The summed E-state index contributed by atoms with van der Waals surface area (Å²) in [5.41, 5.74) is -0.626. The van der Waals surface area contributed by atoms with Gasteiger partial charge in [0.25, 0.3) is 10.0 Å². The van der Waals surface area contributed by atoms with Crippen molar-refractivity contribution in [3.05, 3.63) is 36.9 Å². The van der Waals surface area contributed by atoms with E-state index in [1.807, 2.05) is 20.8 Å². The maximum Gasteiger partial charge on any atom is 0.266 e. The van der Waals surface area contributed by atoms with Gasteiger partial charge in [0.1, 0.15) is 4.90 Å². The van der Waals surface area contributed by atoms with Crippen LogP contribution in [0.5, 0.6) is 0 Å². The van der Waals surface area contributed by atoms with Crippen LogP contribution in [0.3, 0.4) is 0 Å². The number of anilines is 1. The first-order valence-electron chi connectivity index (χ1n) is 7.57. The van der Waals surface area contributed by atoms with Crippen LogP contribution in [0.15, 0.2) is 41.8 Å². The monoisotopic (exact) mass is 336 g/mol. The van der Waals surface area contributed by atoms with Gasteiger partial charge in [0, 0.05) is 7.05 Å². The molecule has 0 bridgehead atoms. The fourth-order valence-electron chi connectivity index (χ4n) is 3.21. The van der Waals surface area contributed by atoms with Gasteiger partial charge < -0.3 is 5.32 Å². The molecular formula is C17H24N2O3S. The van der Waals surface area contributed by atoms with Crippen LogP contribution >= 0.6 is 0 Å². The van der Waals surface area contributed by atoms with Gasteiger partial charge in [-0.05, 0) is 29.9 Å². The number of allylic oxidation sites excluding steroid dienone is 1. The molecule has 0 unspecified atom stereocenters. The minimum absolute atomic E-state index is 0.00255. The Kier molecular flexibility index (Phi) is 4.32. The van der Waals surface area contributed by atoms with Crippen LogP contribution in [0.25, 0.3) is 0 Å². The molecule has 1 aliphatic rings. The molecule has 0 aliphatic heterocycles. The number of hydrogen-bond donors (Lipinski definition) is 2. The summed E-state index contributed by atoms with van der Waals surface area (Å²) in [5, 5.41) is 2.83. The number of hydrogen-bond acceptors (Lipinski definition) is 4. The molecule has 23 heavy (non-hydrogen) atoms. The largest absolute Gasteiger partial charge is 0.387 e. The van der Waals surface area contributed by atoms with Crippen molar-refractivity contribution in [2.24, 2.45) is 16.7 Å². The number of carbonyl (C=O) groups is 1. The predicted octanol–water partition coefficient (Wildman–Crippen LogP) is 2.77. The van der Waals surface area contributed by atoms with Gasteiger partial charge in [-0.2, -0.15) is 0 Å². The molecule has 1 aromatic rings. The van der Waals surface area contributed by atoms with Gasteiger partial charge in [-0.25, -0.2) is 13.1 Å². The first-order chi connectivity index (χ1) is 10.6. The highest BCUT2D eigenvalue weighted by molar-refractivity contribution is 7.90. The summed E-state index contributed by atoms with van der Waals surface area (Å²) in [6.07, 6.45) is 2.36. The lowest BCUT2D eigenvalue weighted by Crippen LogP contribution is -2.43. The third kappa shape index (κ3) is 2.87. The molecule has 1 saturated carbocycles. The van der Waals surface area contributed by atoms with E-state index in [-0.39, 0.29) is 16.2 Å². The topological polar surface area (TPSA) is 75.3 Å². The van der Waals surface area contributed by atoms with Crippen molar-refractivity contribution >= 4 is 21.6 Å². The standard InChI is InChI=1S/C17H24N2O3S/c1-6-12-11-17(12,16(2,3)4)15(20)19-23(21,22)14-10-8-7-9-13(14)18-5/h6-10,12,18H,1,11H2,2-5H3,(H,19,20)/t12-,17-/m1/s1. The van der Waals surface area contributed by atoms with Crippen molar-refractivity contribution in [3.8, 4) is 0 Å². The zero-order chi connectivity index (χ0) is 17.5. The molecule has 0 radical (unpaired) electrons. The maximum absolute atomic E-state index is 12.8. The second-order valence-electron chi connectivity index (χ2n) is 6.95. The van der Waals surface area contributed by atoms with Crippen molar-refractivity contribution in [1.82, 2.24) is 4.72 Å². The molecule has 126 valence electrons. The molecule has 1 aromatic carbocycles. The molecule has 0 spiro atoms. The molecule has 0 saturated heterocycles. The highest BCUT2D eigenvalue weighted by Gasteiger charge is 2.65. The SMILES string of the molecule is C=C[C@@H]1C[C@@]1(C(=O)NS(=O)(=O)c1ccccc1NC)C(C)(C)C. The van der Waals surface area contributed by atoms with E-state index in [1.165, 1.54) is 6.07 Å². The lowest BCUT2D eigenvalue weighted by molar-refractivity contribution is -0.128. The van der Waals surface area contributed by atoms with E-state index >= 15 is 0 Å². The molecule has 1 aliphatic carbocycles. The van der Waals surface area contributed by atoms with E-state index in [0.717, 1.165) is 0 Å². The minimum atomic E-state index is -3.93. The molecule has 6 heteroatoms. The Hall–Kier alpha value is -1.82. The minimum Gasteiger partial charge on any atom is -0.387 e. The van der Waals surface area contributed by atoms with Gasteiger partial charge in [0.15, 0.2) is 0 Å². The fourth-order valence-corrected chi connectivity index (χ4v) is 4.47. The lowest BCUT2D eigenvalue weighted by atomic mass is 9.75. The summed E-state index contributed by atoms with van der Waals surface area (Å²) in [7, 11) is -2.29. The van der Waals surface area contributed by atoms with Gasteiger partial charge in [-0.1, -0.05) is 39.0 Å². The Morgan fingerprint density at radius 2 is 1.96 bits per heavy atom. The summed E-state index contributed by atoms with van der Waals surface area (Å²) < 4.78 is 27.5. The Morgan fingerprint density at radius 3 is 2.43 bits per heavy atom. The van der Waals surface area contributed by atoms with E-state index in [4.69, 9.17) is 0 Å². The average molecular weight is 336 g/mol. The first-order valence-corrected chi connectivity index (χ1v) is 9.05. The van der Waals surface area contributed by atoms with Crippen LogP contribution in [0.2, 0.25) is 0 Å². The molecule has 0 aromatic heterocycles. The Balaban J connectivity index is 2.34. The number of para-hydroxylation sites is 1. The summed E-state index contributed by atoms with van der Waals surface area (Å²) in [4.78, 5) is 12.8. The highest BCUT2D eigenvalue weighted by atomic mass is 32.2. The van der Waals surface area contributed by atoms with Crippen LogP contribution in [0.4, 0.5) is 5.69 Å². The first kappa shape index (κ1) is 17.5. The number of carbonyl (C=O) groups excluding carboxylic acids is 1. The second-order valence-corrected chi connectivity index (χ2v) is 8.60. The Labute approximate surface area is 138 Å². The zero-order valence-electron chi connectivity index (χ0n) is 14.0. The van der Waals surface area contributed by atoms with Crippen molar-refractivity contribution < 1.29 is 13.2 Å². The molecule has 1 fully saturated rings. The van der Waals surface area contributed by atoms with E-state index in [2.05, 4.69) is 16.6 Å². The quantitative estimate of drug-likeness (QED) is 0.811. The molecule has 2 rings (SSSR count). The predicted molar refractivity (Wildman–Crippen MR) is 91.5 cm³/mol. The Morgan fingerprint density at radius 1 is 1.35 bits per heavy atom. The van der Waals surface area contributed by atoms with Gasteiger partial charge in [-0.3, -0.25) is 4.79 Å². The van der Waals surface area contributed by atoms with E-state index in [1.54, 1.807) is 31.3 Å². The summed E-state index contributed by atoms with van der Waals surface area (Å²) >= 11 is 0. The second kappa shape index (κ2) is 5.67. The number of benzene rings is 1. The number of rotatable bonds is 5. The van der Waals surface area contributed by atoms with E-state index in [9.17, 15) is 13.2 Å². The molecule has 2 N–H and O–H groups in total. The Bertz CT molecular complexity index is 734. The molecule has 2 atom stereocenters. The molecule has 5 nitrogen and oxygen atoms in total. The zero-order valence-corrected chi connectivity index (χ0v) is 14.8. The summed E-state index contributed by atoms with van der Waals surface area (Å²) in [6, 6.07) is 6.49. The van der Waals surface area contributed by atoms with Crippen LogP contribution in [-0.2, 0) is 14.8 Å². The van der Waals surface area contributed by atoms with Crippen molar-refractivity contribution in [2.45, 2.75) is 32.1 Å². The number of amides is 1. The summed E-state index contributed by atoms with van der Waals surface area (Å²) in [6.45, 7) is 9.60. The van der Waals surface area contributed by atoms with Crippen molar-refractivity contribution in [3.63, 3.8) is 0 Å². The van der Waals surface area contributed by atoms with Gasteiger partial charge in [0.05, 0.1) is 11.1 Å². The van der Waals surface area contributed by atoms with Crippen molar-refractivity contribution in [2.75, 3.05) is 12.4 Å². The van der Waals surface area contributed by atoms with Crippen LogP contribution in [0.1, 0.15) is 27.2 Å². The van der Waals surface area contributed by atoms with Crippen LogP contribution in [0, 0.1) is 16.7 Å². The fraction of sp³-hybridized carbons (Fsp3) is 0.471. The van der Waals surface area contributed by atoms with Gasteiger partial charge in [0.2, 0.25) is 5.91 Å². The van der Waals surface area contributed by atoms with Crippen LogP contribution < -0.4 is 10.0 Å². The summed E-state index contributed by atoms with van der Waals surface area (Å²) in [5.74, 6) is -0.460. The van der Waals surface area contributed by atoms with Crippen molar-refractivity contribution in [1.29, 1.82) is 0 Å². The third-order valence-corrected chi connectivity index (χ3v) is 6.10. The molecule has 0 heterocycles. The van der Waals surface area contributed by atoms with Gasteiger partial charge >= 0.3 is 0 Å². The van der Waals surface area contributed by atoms with E-state index < -0.39 is 21.3 Å². The number of nitrogens with one attached hydrogen (secondary N) is 2. The third-order valence-electron chi connectivity index (χ3n) is 4.72. The number of sulfonamides is 1.